The summed E-state index contributed by atoms with van der Waals surface area (Å²) >= 11 is 5.82. The fourth-order valence-corrected chi connectivity index (χ4v) is 4.05. The second-order valence-corrected chi connectivity index (χ2v) is 7.21. The molecule has 6 heteroatoms. The van der Waals surface area contributed by atoms with Crippen molar-refractivity contribution in [3.8, 4) is 6.07 Å². The van der Waals surface area contributed by atoms with Gasteiger partial charge in [-0.1, -0.05) is 18.5 Å². The van der Waals surface area contributed by atoms with Crippen molar-refractivity contribution in [1.82, 2.24) is 4.31 Å². The lowest BCUT2D eigenvalue weighted by molar-refractivity contribution is 0.281. The van der Waals surface area contributed by atoms with Gasteiger partial charge in [-0.3, -0.25) is 0 Å². The quantitative estimate of drug-likeness (QED) is 0.843. The Balaban J connectivity index is 2.37. The van der Waals surface area contributed by atoms with Gasteiger partial charge in [0.15, 0.2) is 0 Å². The van der Waals surface area contributed by atoms with Gasteiger partial charge in [0.2, 0.25) is 10.0 Å². The van der Waals surface area contributed by atoms with Crippen LogP contribution in [0.25, 0.3) is 0 Å². The molecule has 0 spiro atoms. The Morgan fingerprint density at radius 1 is 1.47 bits per heavy atom. The molecular formula is C13H15ClN2O2S. The molecule has 1 saturated heterocycles. The molecule has 0 radical (unpaired) electrons. The smallest absolute Gasteiger partial charge is 0.207 e. The zero-order chi connectivity index (χ0) is 14.0. The molecule has 1 heterocycles. The minimum absolute atomic E-state index is 0.141. The predicted octanol–water partition coefficient (Wildman–Crippen LogP) is 2.63. The molecule has 1 unspecified atom stereocenters. The maximum Gasteiger partial charge on any atom is 0.243 e. The third-order valence-corrected chi connectivity index (χ3v) is 5.51. The fourth-order valence-electron chi connectivity index (χ4n) is 2.26. The Morgan fingerprint density at radius 2 is 2.21 bits per heavy atom. The molecule has 102 valence electrons. The molecule has 4 nitrogen and oxygen atoms in total. The van der Waals surface area contributed by atoms with E-state index in [0.717, 1.165) is 12.8 Å². The first-order valence-corrected chi connectivity index (χ1v) is 7.96. The Kier molecular flexibility index (Phi) is 4.14. The van der Waals surface area contributed by atoms with Crippen LogP contribution in [0.5, 0.6) is 0 Å². The molecule has 0 aliphatic carbocycles. The van der Waals surface area contributed by atoms with Crippen molar-refractivity contribution in [1.29, 1.82) is 5.26 Å². The van der Waals surface area contributed by atoms with Crippen LogP contribution in [0.2, 0.25) is 5.02 Å². The number of nitrogens with zero attached hydrogens (tertiary/aromatic N) is 2. The first-order chi connectivity index (χ1) is 8.95. The maximum atomic E-state index is 12.5. The van der Waals surface area contributed by atoms with Crippen molar-refractivity contribution in [3.05, 3.63) is 28.8 Å². The van der Waals surface area contributed by atoms with Crippen molar-refractivity contribution in [3.63, 3.8) is 0 Å². The van der Waals surface area contributed by atoms with Gasteiger partial charge in [0.05, 0.1) is 15.5 Å². The number of benzene rings is 1. The number of rotatable bonds is 2. The molecule has 19 heavy (non-hydrogen) atoms. The Hall–Kier alpha value is -1.09. The predicted molar refractivity (Wildman–Crippen MR) is 73.3 cm³/mol. The number of nitriles is 1. The van der Waals surface area contributed by atoms with Crippen molar-refractivity contribution < 1.29 is 8.42 Å². The number of hydrogen-bond acceptors (Lipinski definition) is 3. The molecule has 0 bridgehead atoms. The summed E-state index contributed by atoms with van der Waals surface area (Å²) in [7, 11) is -3.52. The van der Waals surface area contributed by atoms with Gasteiger partial charge < -0.3 is 0 Å². The lowest BCUT2D eigenvalue weighted by atomic mass is 10.0. The highest BCUT2D eigenvalue weighted by Gasteiger charge is 2.28. The Bertz CT molecular complexity index is 622. The largest absolute Gasteiger partial charge is 0.243 e. The van der Waals surface area contributed by atoms with Crippen LogP contribution in [0.1, 0.15) is 25.3 Å². The molecule has 1 aliphatic heterocycles. The van der Waals surface area contributed by atoms with Crippen molar-refractivity contribution >= 4 is 21.6 Å². The van der Waals surface area contributed by atoms with Crippen LogP contribution in [-0.2, 0) is 10.0 Å². The number of halogens is 1. The Morgan fingerprint density at radius 3 is 2.84 bits per heavy atom. The highest BCUT2D eigenvalue weighted by atomic mass is 35.5. The van der Waals surface area contributed by atoms with Crippen molar-refractivity contribution in [2.24, 2.45) is 5.92 Å². The van der Waals surface area contributed by atoms with E-state index >= 15 is 0 Å². The van der Waals surface area contributed by atoms with Gasteiger partial charge in [-0.15, -0.1) is 0 Å². The molecule has 0 amide bonds. The maximum absolute atomic E-state index is 12.5. The zero-order valence-electron chi connectivity index (χ0n) is 10.6. The molecule has 0 saturated carbocycles. The lowest BCUT2D eigenvalue weighted by Gasteiger charge is -2.30. The number of hydrogen-bond donors (Lipinski definition) is 0. The van der Waals surface area contributed by atoms with Crippen LogP contribution in [0.15, 0.2) is 23.1 Å². The third-order valence-electron chi connectivity index (χ3n) is 3.32. The van der Waals surface area contributed by atoms with E-state index < -0.39 is 10.0 Å². The van der Waals surface area contributed by atoms with Gasteiger partial charge in [0.1, 0.15) is 6.07 Å². The van der Waals surface area contributed by atoms with Crippen molar-refractivity contribution in [2.75, 3.05) is 13.1 Å². The summed E-state index contributed by atoms with van der Waals surface area (Å²) in [6.45, 7) is 3.12. The summed E-state index contributed by atoms with van der Waals surface area (Å²) in [6, 6.07) is 6.16. The second-order valence-electron chi connectivity index (χ2n) is 4.86. The van der Waals surface area contributed by atoms with Crippen LogP contribution >= 0.6 is 11.6 Å². The number of piperidine rings is 1. The topological polar surface area (TPSA) is 61.2 Å². The zero-order valence-corrected chi connectivity index (χ0v) is 12.2. The summed E-state index contributed by atoms with van der Waals surface area (Å²) < 4.78 is 26.5. The van der Waals surface area contributed by atoms with E-state index in [0.29, 0.717) is 19.0 Å². The standard InChI is InChI=1S/C13H15ClN2O2S/c1-10-3-2-6-16(9-10)19(17,18)12-4-5-13(14)11(7-12)8-15/h4-5,7,10H,2-3,6,9H2,1H3. The molecular weight excluding hydrogens is 284 g/mol. The van der Waals surface area contributed by atoms with Gasteiger partial charge in [0, 0.05) is 13.1 Å². The first-order valence-electron chi connectivity index (χ1n) is 6.15. The van der Waals surface area contributed by atoms with E-state index in [-0.39, 0.29) is 15.5 Å². The minimum Gasteiger partial charge on any atom is -0.207 e. The van der Waals surface area contributed by atoms with Gasteiger partial charge >= 0.3 is 0 Å². The van der Waals surface area contributed by atoms with Crippen LogP contribution in [0.4, 0.5) is 0 Å². The number of sulfonamides is 1. The van der Waals surface area contributed by atoms with E-state index in [4.69, 9.17) is 16.9 Å². The summed E-state index contributed by atoms with van der Waals surface area (Å²) in [5.74, 6) is 0.367. The van der Waals surface area contributed by atoms with Gasteiger partial charge in [-0.2, -0.15) is 9.57 Å². The van der Waals surface area contributed by atoms with Crippen LogP contribution < -0.4 is 0 Å². The molecule has 2 rings (SSSR count). The molecule has 1 aromatic rings. The molecule has 0 aromatic heterocycles. The summed E-state index contributed by atoms with van der Waals surface area (Å²) in [6.07, 6.45) is 1.93. The second kappa shape index (κ2) is 5.49. The fraction of sp³-hybridized carbons (Fsp3) is 0.462. The van der Waals surface area contributed by atoms with E-state index in [1.807, 2.05) is 13.0 Å². The lowest BCUT2D eigenvalue weighted by Crippen LogP contribution is -2.39. The summed E-state index contributed by atoms with van der Waals surface area (Å²) in [5, 5.41) is 9.19. The van der Waals surface area contributed by atoms with Gasteiger partial charge in [-0.05, 0) is 37.0 Å². The normalized spacial score (nSPS) is 21.0. The third kappa shape index (κ3) is 2.92. The summed E-state index contributed by atoms with van der Waals surface area (Å²) in [4.78, 5) is 0.141. The van der Waals surface area contributed by atoms with Gasteiger partial charge in [-0.25, -0.2) is 8.42 Å². The molecule has 1 aromatic carbocycles. The summed E-state index contributed by atoms with van der Waals surface area (Å²) in [5.41, 5.74) is 0.188. The molecule has 1 aliphatic rings. The molecule has 0 N–H and O–H groups in total. The average molecular weight is 299 g/mol. The van der Waals surface area contributed by atoms with E-state index in [1.165, 1.54) is 22.5 Å². The van der Waals surface area contributed by atoms with Gasteiger partial charge in [0.25, 0.3) is 0 Å². The van der Waals surface area contributed by atoms with Crippen LogP contribution in [0.3, 0.4) is 0 Å². The molecule has 1 atom stereocenters. The highest BCUT2D eigenvalue weighted by Crippen LogP contribution is 2.26. The first kappa shape index (κ1) is 14.3. The van der Waals surface area contributed by atoms with E-state index in [2.05, 4.69) is 0 Å². The van der Waals surface area contributed by atoms with E-state index in [1.54, 1.807) is 0 Å². The van der Waals surface area contributed by atoms with Crippen LogP contribution in [-0.4, -0.2) is 25.8 Å². The van der Waals surface area contributed by atoms with Crippen LogP contribution in [0, 0.1) is 17.2 Å². The monoisotopic (exact) mass is 298 g/mol. The Labute approximate surface area is 118 Å². The molecule has 1 fully saturated rings. The SMILES string of the molecule is CC1CCCN(S(=O)(=O)c2ccc(Cl)c(C#N)c2)C1. The average Bonchev–Trinajstić information content (AvgIpc) is 2.39. The highest BCUT2D eigenvalue weighted by molar-refractivity contribution is 7.89. The minimum atomic E-state index is -3.52. The van der Waals surface area contributed by atoms with E-state index in [9.17, 15) is 8.42 Å². The van der Waals surface area contributed by atoms with Crippen molar-refractivity contribution in [2.45, 2.75) is 24.7 Å².